The van der Waals surface area contributed by atoms with Crippen molar-refractivity contribution in [3.8, 4) is 0 Å². The lowest BCUT2D eigenvalue weighted by Crippen LogP contribution is -2.15. The largest absolute Gasteiger partial charge is 0.451 e. The van der Waals surface area contributed by atoms with Crippen molar-refractivity contribution in [1.82, 2.24) is 0 Å². The average Bonchev–Trinajstić information content (AvgIpc) is 3.35. The number of hydrogen-bond acceptors (Lipinski definition) is 5. The van der Waals surface area contributed by atoms with Crippen molar-refractivity contribution < 1.29 is 9.21 Å². The van der Waals surface area contributed by atoms with Gasteiger partial charge < -0.3 is 9.73 Å². The summed E-state index contributed by atoms with van der Waals surface area (Å²) in [6.45, 7) is 4.98. The molecule has 6 heteroatoms. The molecule has 0 fully saturated rings. The van der Waals surface area contributed by atoms with Gasteiger partial charge in [-0.3, -0.25) is 9.79 Å². The number of nitrogens with zero attached hydrogens (tertiary/aromatic N) is 1. The lowest BCUT2D eigenvalue weighted by Gasteiger charge is -2.12. The number of rotatable bonds is 5. The van der Waals surface area contributed by atoms with Gasteiger partial charge in [0.1, 0.15) is 9.96 Å². The predicted molar refractivity (Wildman–Crippen MR) is 121 cm³/mol. The molecule has 28 heavy (non-hydrogen) atoms. The third-order valence-corrected chi connectivity index (χ3v) is 7.06. The molecule has 1 N–H and O–H groups in total. The van der Waals surface area contributed by atoms with Crippen LogP contribution in [0.5, 0.6) is 0 Å². The molecule has 0 spiro atoms. The third kappa shape index (κ3) is 3.84. The van der Waals surface area contributed by atoms with Crippen LogP contribution in [0, 0.1) is 6.92 Å². The first kappa shape index (κ1) is 19.2. The van der Waals surface area contributed by atoms with E-state index in [0.717, 1.165) is 56.4 Å². The fourth-order valence-electron chi connectivity index (χ4n) is 3.33. The SMILES string of the molecule is CCc1cccc(C)c1NC(=O)c1oc2ccccc2c1CSC1=NCCS1. The zero-order valence-electron chi connectivity index (χ0n) is 16.0. The van der Waals surface area contributed by atoms with Crippen molar-refractivity contribution in [3.63, 3.8) is 0 Å². The highest BCUT2D eigenvalue weighted by Crippen LogP contribution is 2.33. The van der Waals surface area contributed by atoms with Gasteiger partial charge in [-0.2, -0.15) is 0 Å². The minimum absolute atomic E-state index is 0.197. The number of carbonyl (C=O) groups is 1. The fourth-order valence-corrected chi connectivity index (χ4v) is 5.37. The molecule has 1 aromatic heterocycles. The lowest BCUT2D eigenvalue weighted by molar-refractivity contribution is 0.0997. The number of hydrogen-bond donors (Lipinski definition) is 1. The molecular formula is C22H22N2O2S2. The second kappa shape index (κ2) is 8.45. The molecule has 2 heterocycles. The first-order valence-electron chi connectivity index (χ1n) is 9.37. The van der Waals surface area contributed by atoms with Crippen LogP contribution in [-0.2, 0) is 12.2 Å². The maximum atomic E-state index is 13.2. The van der Waals surface area contributed by atoms with Crippen LogP contribution in [0.4, 0.5) is 5.69 Å². The van der Waals surface area contributed by atoms with Crippen molar-refractivity contribution in [2.75, 3.05) is 17.6 Å². The standard InChI is InChI=1S/C22H22N2O2S2/c1-3-15-8-6-7-14(2)19(15)24-21(25)20-17(13-28-22-23-11-12-27-22)16-9-4-5-10-18(16)26-20/h4-10H,3,11-13H2,1-2H3,(H,24,25). The molecule has 2 aromatic carbocycles. The van der Waals surface area contributed by atoms with E-state index in [9.17, 15) is 4.79 Å². The summed E-state index contributed by atoms with van der Waals surface area (Å²) in [6.07, 6.45) is 0.858. The molecule has 4 rings (SSSR count). The number of thioether (sulfide) groups is 2. The molecular weight excluding hydrogens is 388 g/mol. The molecule has 4 nitrogen and oxygen atoms in total. The molecule has 1 aliphatic rings. The van der Waals surface area contributed by atoms with Gasteiger partial charge in [-0.25, -0.2) is 0 Å². The second-order valence-electron chi connectivity index (χ2n) is 6.61. The van der Waals surface area contributed by atoms with E-state index in [1.54, 1.807) is 23.5 Å². The summed E-state index contributed by atoms with van der Waals surface area (Å²) in [5, 5.41) is 4.09. The van der Waals surface area contributed by atoms with E-state index in [1.807, 2.05) is 49.4 Å². The molecule has 0 saturated carbocycles. The predicted octanol–water partition coefficient (Wildman–Crippen LogP) is 5.89. The Morgan fingerprint density at radius 3 is 2.89 bits per heavy atom. The second-order valence-corrected chi connectivity index (χ2v) is 8.91. The number of aliphatic imine (C=N–C) groups is 1. The van der Waals surface area contributed by atoms with Crippen molar-refractivity contribution in [2.24, 2.45) is 4.99 Å². The van der Waals surface area contributed by atoms with Crippen LogP contribution in [0.15, 0.2) is 51.9 Å². The van der Waals surface area contributed by atoms with E-state index in [4.69, 9.17) is 4.42 Å². The summed E-state index contributed by atoms with van der Waals surface area (Å²) < 4.78 is 7.08. The van der Waals surface area contributed by atoms with Gasteiger partial charge in [0.05, 0.1) is 6.54 Å². The van der Waals surface area contributed by atoms with Gasteiger partial charge in [0.15, 0.2) is 5.76 Å². The maximum Gasteiger partial charge on any atom is 0.291 e. The first-order valence-corrected chi connectivity index (χ1v) is 11.3. The van der Waals surface area contributed by atoms with Crippen LogP contribution in [-0.4, -0.2) is 22.6 Å². The van der Waals surface area contributed by atoms with Gasteiger partial charge in [-0.05, 0) is 30.5 Å². The van der Waals surface area contributed by atoms with Crippen LogP contribution in [0.25, 0.3) is 11.0 Å². The monoisotopic (exact) mass is 410 g/mol. The quantitative estimate of drug-likeness (QED) is 0.570. The molecule has 1 aliphatic heterocycles. The molecule has 144 valence electrons. The van der Waals surface area contributed by atoms with E-state index in [2.05, 4.69) is 17.2 Å². The van der Waals surface area contributed by atoms with Crippen LogP contribution >= 0.6 is 23.5 Å². The molecule has 0 atom stereocenters. The van der Waals surface area contributed by atoms with Crippen molar-refractivity contribution >= 4 is 50.5 Å². The summed E-state index contributed by atoms with van der Waals surface area (Å²) in [6, 6.07) is 13.9. The molecule has 0 unspecified atom stereocenters. The zero-order valence-corrected chi connectivity index (χ0v) is 17.6. The Kier molecular flexibility index (Phi) is 5.78. The molecule has 3 aromatic rings. The van der Waals surface area contributed by atoms with Gasteiger partial charge in [0, 0.05) is 28.1 Å². The summed E-state index contributed by atoms with van der Waals surface area (Å²) >= 11 is 3.45. The van der Waals surface area contributed by atoms with Crippen LogP contribution < -0.4 is 5.32 Å². The number of nitrogens with one attached hydrogen (secondary N) is 1. The van der Waals surface area contributed by atoms with Gasteiger partial charge in [0.2, 0.25) is 0 Å². The highest BCUT2D eigenvalue weighted by molar-refractivity contribution is 8.38. The summed E-state index contributed by atoms with van der Waals surface area (Å²) in [5.41, 5.74) is 4.73. The number of anilines is 1. The van der Waals surface area contributed by atoms with E-state index < -0.39 is 0 Å². The lowest BCUT2D eigenvalue weighted by atomic mass is 10.1. The van der Waals surface area contributed by atoms with E-state index in [0.29, 0.717) is 11.5 Å². The fraction of sp³-hybridized carbons (Fsp3) is 0.273. The number of aryl methyl sites for hydroxylation is 2. The van der Waals surface area contributed by atoms with Crippen LogP contribution in [0.1, 0.15) is 34.2 Å². The molecule has 1 amide bonds. The Balaban J connectivity index is 1.67. The Labute approximate surface area is 173 Å². The van der Waals surface area contributed by atoms with Crippen LogP contribution in [0.3, 0.4) is 0 Å². The van der Waals surface area contributed by atoms with Crippen molar-refractivity contribution in [2.45, 2.75) is 26.0 Å². The Hall–Kier alpha value is -2.18. The molecule has 0 radical (unpaired) electrons. The third-order valence-electron chi connectivity index (χ3n) is 4.78. The Bertz CT molecular complexity index is 1060. The van der Waals surface area contributed by atoms with Crippen molar-refractivity contribution in [3.05, 3.63) is 64.9 Å². The number of para-hydroxylation sites is 2. The smallest absolute Gasteiger partial charge is 0.291 e. The average molecular weight is 411 g/mol. The topological polar surface area (TPSA) is 54.6 Å². The normalized spacial score (nSPS) is 13.7. The Morgan fingerprint density at radius 1 is 1.25 bits per heavy atom. The number of amides is 1. The molecule has 0 aliphatic carbocycles. The number of carbonyl (C=O) groups excluding carboxylic acids is 1. The van der Waals surface area contributed by atoms with Gasteiger partial charge in [-0.15, -0.1) is 0 Å². The summed E-state index contributed by atoms with van der Waals surface area (Å²) in [7, 11) is 0. The minimum Gasteiger partial charge on any atom is -0.451 e. The van der Waals surface area contributed by atoms with E-state index in [-0.39, 0.29) is 5.91 Å². The van der Waals surface area contributed by atoms with Crippen LogP contribution in [0.2, 0.25) is 0 Å². The van der Waals surface area contributed by atoms with Gasteiger partial charge >= 0.3 is 0 Å². The highest BCUT2D eigenvalue weighted by atomic mass is 32.2. The van der Waals surface area contributed by atoms with Crippen molar-refractivity contribution in [1.29, 1.82) is 0 Å². The first-order chi connectivity index (χ1) is 13.7. The zero-order chi connectivity index (χ0) is 19.5. The maximum absolute atomic E-state index is 13.2. The minimum atomic E-state index is -0.197. The van der Waals surface area contributed by atoms with Gasteiger partial charge in [-0.1, -0.05) is 66.8 Å². The summed E-state index contributed by atoms with van der Waals surface area (Å²) in [4.78, 5) is 17.7. The highest BCUT2D eigenvalue weighted by Gasteiger charge is 2.22. The van der Waals surface area contributed by atoms with E-state index >= 15 is 0 Å². The number of fused-ring (bicyclic) bond motifs is 1. The Morgan fingerprint density at radius 2 is 2.11 bits per heavy atom. The molecule has 0 saturated heterocycles. The van der Waals surface area contributed by atoms with E-state index in [1.165, 1.54) is 0 Å². The number of benzene rings is 2. The van der Waals surface area contributed by atoms with Gasteiger partial charge in [0.25, 0.3) is 5.91 Å². The number of furan rings is 1. The molecule has 0 bridgehead atoms. The summed E-state index contributed by atoms with van der Waals surface area (Å²) in [5.74, 6) is 1.90.